The first-order chi connectivity index (χ1) is 11.4. The SMILES string of the molecule is Cc1ccc(C2(C)NC(=O)N(CC(=O)N3CCNCC3)C2=O)cc1.Cl. The minimum absolute atomic E-state index is 0. The molecule has 0 radical (unpaired) electrons. The zero-order chi connectivity index (χ0) is 17.3. The number of hydrogen-bond acceptors (Lipinski definition) is 4. The Labute approximate surface area is 153 Å². The smallest absolute Gasteiger partial charge is 0.325 e. The normalized spacial score (nSPS) is 23.3. The third kappa shape index (κ3) is 3.62. The number of hydrogen-bond donors (Lipinski definition) is 2. The molecule has 2 aliphatic heterocycles. The van der Waals surface area contributed by atoms with Gasteiger partial charge < -0.3 is 15.5 Å². The summed E-state index contributed by atoms with van der Waals surface area (Å²) in [6.07, 6.45) is 0. The van der Waals surface area contributed by atoms with Crippen LogP contribution in [0, 0.1) is 6.92 Å². The van der Waals surface area contributed by atoms with Gasteiger partial charge in [0.1, 0.15) is 12.1 Å². The largest absolute Gasteiger partial charge is 0.339 e. The van der Waals surface area contributed by atoms with E-state index < -0.39 is 11.6 Å². The van der Waals surface area contributed by atoms with E-state index >= 15 is 0 Å². The van der Waals surface area contributed by atoms with Crippen molar-refractivity contribution < 1.29 is 14.4 Å². The monoisotopic (exact) mass is 366 g/mol. The van der Waals surface area contributed by atoms with Gasteiger partial charge in [-0.1, -0.05) is 29.8 Å². The summed E-state index contributed by atoms with van der Waals surface area (Å²) in [6, 6.07) is 6.93. The van der Waals surface area contributed by atoms with Gasteiger partial charge in [0.05, 0.1) is 0 Å². The molecule has 0 aromatic heterocycles. The van der Waals surface area contributed by atoms with Crippen LogP contribution >= 0.6 is 12.4 Å². The highest BCUT2D eigenvalue weighted by atomic mass is 35.5. The lowest BCUT2D eigenvalue weighted by atomic mass is 9.91. The van der Waals surface area contributed by atoms with E-state index in [1.807, 2.05) is 31.2 Å². The molecule has 3 rings (SSSR count). The fraction of sp³-hybridized carbons (Fsp3) is 0.471. The van der Waals surface area contributed by atoms with Gasteiger partial charge in [-0.2, -0.15) is 0 Å². The molecule has 1 unspecified atom stereocenters. The van der Waals surface area contributed by atoms with Crippen molar-refractivity contribution in [3.05, 3.63) is 35.4 Å². The standard InChI is InChI=1S/C17H22N4O3.ClH/c1-12-3-5-13(6-4-12)17(2)15(23)21(16(24)19-17)11-14(22)20-9-7-18-8-10-20;/h3-6,18H,7-11H2,1-2H3,(H,19,24);1H. The van der Waals surface area contributed by atoms with Crippen LogP contribution in [0.25, 0.3) is 0 Å². The second-order valence-electron chi connectivity index (χ2n) is 6.44. The second-order valence-corrected chi connectivity index (χ2v) is 6.44. The Morgan fingerprint density at radius 3 is 2.36 bits per heavy atom. The van der Waals surface area contributed by atoms with Crippen molar-refractivity contribution in [2.75, 3.05) is 32.7 Å². The van der Waals surface area contributed by atoms with Crippen LogP contribution in [0.15, 0.2) is 24.3 Å². The molecule has 2 fully saturated rings. The minimum atomic E-state index is -1.13. The van der Waals surface area contributed by atoms with Gasteiger partial charge in [0.15, 0.2) is 0 Å². The van der Waals surface area contributed by atoms with Crippen LogP contribution in [0.2, 0.25) is 0 Å². The van der Waals surface area contributed by atoms with E-state index in [0.29, 0.717) is 18.7 Å². The molecule has 0 bridgehead atoms. The summed E-state index contributed by atoms with van der Waals surface area (Å²) in [4.78, 5) is 40.1. The lowest BCUT2D eigenvalue weighted by molar-refractivity contribution is -0.139. The van der Waals surface area contributed by atoms with Gasteiger partial charge in [0, 0.05) is 26.2 Å². The molecule has 0 saturated carbocycles. The van der Waals surface area contributed by atoms with Gasteiger partial charge in [-0.3, -0.25) is 14.5 Å². The number of aryl methyl sites for hydroxylation is 1. The topological polar surface area (TPSA) is 81.8 Å². The molecule has 1 aromatic carbocycles. The summed E-state index contributed by atoms with van der Waals surface area (Å²) in [5.74, 6) is -0.590. The van der Waals surface area contributed by atoms with Crippen LogP contribution in [0.4, 0.5) is 4.79 Å². The van der Waals surface area contributed by atoms with Gasteiger partial charge in [0.25, 0.3) is 5.91 Å². The van der Waals surface area contributed by atoms with Crippen molar-refractivity contribution in [1.82, 2.24) is 20.4 Å². The lowest BCUT2D eigenvalue weighted by Crippen LogP contribution is -2.50. The van der Waals surface area contributed by atoms with Crippen LogP contribution < -0.4 is 10.6 Å². The molecule has 7 nitrogen and oxygen atoms in total. The molecule has 2 heterocycles. The molecule has 8 heteroatoms. The van der Waals surface area contributed by atoms with Crippen LogP contribution in [0.5, 0.6) is 0 Å². The van der Waals surface area contributed by atoms with Gasteiger partial charge in [-0.15, -0.1) is 12.4 Å². The van der Waals surface area contributed by atoms with Gasteiger partial charge in [-0.05, 0) is 19.4 Å². The van der Waals surface area contributed by atoms with Crippen LogP contribution in [-0.2, 0) is 15.1 Å². The number of rotatable bonds is 3. The molecular weight excluding hydrogens is 344 g/mol. The Hall–Kier alpha value is -2.12. The molecule has 1 atom stereocenters. The number of urea groups is 1. The van der Waals surface area contributed by atoms with Gasteiger partial charge >= 0.3 is 6.03 Å². The Balaban J connectivity index is 0.00000225. The Kier molecular flexibility index (Phi) is 5.69. The lowest BCUT2D eigenvalue weighted by Gasteiger charge is -2.28. The van der Waals surface area contributed by atoms with Crippen LogP contribution in [0.3, 0.4) is 0 Å². The fourth-order valence-corrected chi connectivity index (χ4v) is 3.07. The average Bonchev–Trinajstić information content (AvgIpc) is 2.80. The van der Waals surface area contributed by atoms with E-state index in [0.717, 1.165) is 23.6 Å². The summed E-state index contributed by atoms with van der Waals surface area (Å²) in [5, 5.41) is 5.89. The summed E-state index contributed by atoms with van der Waals surface area (Å²) < 4.78 is 0. The third-order valence-electron chi connectivity index (χ3n) is 4.67. The molecule has 0 spiro atoms. The second kappa shape index (κ2) is 7.41. The highest BCUT2D eigenvalue weighted by Crippen LogP contribution is 2.29. The Bertz CT molecular complexity index is 673. The number of imide groups is 1. The molecular formula is C17H23ClN4O3. The fourth-order valence-electron chi connectivity index (χ4n) is 3.07. The first kappa shape index (κ1) is 19.2. The van der Waals surface area contributed by atoms with Gasteiger partial charge in [-0.25, -0.2) is 4.79 Å². The van der Waals surface area contributed by atoms with Crippen LogP contribution in [-0.4, -0.2) is 60.4 Å². The number of benzene rings is 1. The number of halogens is 1. The van der Waals surface area contributed by atoms with Crippen molar-refractivity contribution in [3.8, 4) is 0 Å². The quantitative estimate of drug-likeness (QED) is 0.768. The van der Waals surface area contributed by atoms with E-state index in [-0.39, 0.29) is 30.8 Å². The number of carbonyl (C=O) groups is 3. The van der Waals surface area contributed by atoms with Crippen molar-refractivity contribution in [3.63, 3.8) is 0 Å². The van der Waals surface area contributed by atoms with E-state index in [1.165, 1.54) is 0 Å². The van der Waals surface area contributed by atoms with Crippen LogP contribution in [0.1, 0.15) is 18.1 Å². The number of amides is 4. The first-order valence-corrected chi connectivity index (χ1v) is 8.11. The van der Waals surface area contributed by atoms with E-state index in [1.54, 1.807) is 11.8 Å². The molecule has 4 amide bonds. The Morgan fingerprint density at radius 1 is 1.16 bits per heavy atom. The molecule has 136 valence electrons. The number of nitrogens with one attached hydrogen (secondary N) is 2. The summed E-state index contributed by atoms with van der Waals surface area (Å²) in [7, 11) is 0. The first-order valence-electron chi connectivity index (χ1n) is 8.11. The zero-order valence-electron chi connectivity index (χ0n) is 14.4. The van der Waals surface area contributed by atoms with Crippen molar-refractivity contribution in [1.29, 1.82) is 0 Å². The van der Waals surface area contributed by atoms with Crippen molar-refractivity contribution in [2.24, 2.45) is 0 Å². The molecule has 25 heavy (non-hydrogen) atoms. The van der Waals surface area contributed by atoms with Crippen molar-refractivity contribution >= 4 is 30.3 Å². The maximum Gasteiger partial charge on any atom is 0.325 e. The highest BCUT2D eigenvalue weighted by Gasteiger charge is 2.49. The third-order valence-corrected chi connectivity index (χ3v) is 4.67. The van der Waals surface area contributed by atoms with E-state index in [9.17, 15) is 14.4 Å². The molecule has 2 N–H and O–H groups in total. The summed E-state index contributed by atoms with van der Waals surface area (Å²) in [6.45, 7) is 6.06. The number of carbonyl (C=O) groups excluding carboxylic acids is 3. The predicted octanol–water partition coefficient (Wildman–Crippen LogP) is 0.616. The highest BCUT2D eigenvalue weighted by molar-refractivity contribution is 6.09. The predicted molar refractivity (Wildman–Crippen MR) is 95.5 cm³/mol. The molecule has 0 aliphatic carbocycles. The maximum absolute atomic E-state index is 12.8. The zero-order valence-corrected chi connectivity index (χ0v) is 15.2. The van der Waals surface area contributed by atoms with Crippen molar-refractivity contribution in [2.45, 2.75) is 19.4 Å². The molecule has 2 aliphatic rings. The molecule has 1 aromatic rings. The average molecular weight is 367 g/mol. The van der Waals surface area contributed by atoms with E-state index in [4.69, 9.17) is 0 Å². The number of piperazine rings is 1. The summed E-state index contributed by atoms with van der Waals surface area (Å²) >= 11 is 0. The Morgan fingerprint density at radius 2 is 1.76 bits per heavy atom. The van der Waals surface area contributed by atoms with E-state index in [2.05, 4.69) is 10.6 Å². The van der Waals surface area contributed by atoms with Gasteiger partial charge in [0.2, 0.25) is 5.91 Å². The minimum Gasteiger partial charge on any atom is -0.339 e. The number of nitrogens with zero attached hydrogens (tertiary/aromatic N) is 2. The summed E-state index contributed by atoms with van der Waals surface area (Å²) in [5.41, 5.74) is 0.655. The maximum atomic E-state index is 12.8. The molecule has 2 saturated heterocycles.